The number of hydrogen-bond donors (Lipinski definition) is 1. The van der Waals surface area contributed by atoms with Gasteiger partial charge in [-0.05, 0) is 13.3 Å². The van der Waals surface area contributed by atoms with Crippen LogP contribution in [0.4, 0.5) is 0 Å². The van der Waals surface area contributed by atoms with E-state index in [-0.39, 0.29) is 11.9 Å². The van der Waals surface area contributed by atoms with Gasteiger partial charge >= 0.3 is 0 Å². The topological polar surface area (TPSA) is 83.7 Å². The van der Waals surface area contributed by atoms with Crippen molar-refractivity contribution >= 4 is 5.91 Å². The van der Waals surface area contributed by atoms with Gasteiger partial charge in [0.25, 0.3) is 0 Å². The minimum absolute atomic E-state index is 0.0519. The number of nitrogens with one attached hydrogen (secondary N) is 1. The summed E-state index contributed by atoms with van der Waals surface area (Å²) in [5.41, 5.74) is 0. The van der Waals surface area contributed by atoms with Crippen LogP contribution in [0, 0.1) is 0 Å². The quantitative estimate of drug-likeness (QED) is 0.624. The molecule has 1 fully saturated rings. The summed E-state index contributed by atoms with van der Waals surface area (Å²) in [6.07, 6.45) is 3.08. The van der Waals surface area contributed by atoms with Crippen LogP contribution in [-0.2, 0) is 16.0 Å². The van der Waals surface area contributed by atoms with Gasteiger partial charge in [0.05, 0.1) is 19.2 Å². The van der Waals surface area contributed by atoms with E-state index in [1.54, 1.807) is 7.11 Å². The predicted octanol–water partition coefficient (Wildman–Crippen LogP) is 0.853. The van der Waals surface area contributed by atoms with E-state index in [4.69, 9.17) is 9.26 Å². The van der Waals surface area contributed by atoms with Gasteiger partial charge in [-0.15, -0.1) is 0 Å². The van der Waals surface area contributed by atoms with Crippen molar-refractivity contribution in [1.29, 1.82) is 0 Å². The van der Waals surface area contributed by atoms with E-state index >= 15 is 0 Å². The fourth-order valence-corrected chi connectivity index (χ4v) is 2.89. The second kappa shape index (κ2) is 10.5. The van der Waals surface area contributed by atoms with Gasteiger partial charge in [-0.1, -0.05) is 18.5 Å². The summed E-state index contributed by atoms with van der Waals surface area (Å²) in [5, 5.41) is 6.93. The summed E-state index contributed by atoms with van der Waals surface area (Å²) in [6.45, 7) is 9.29. The van der Waals surface area contributed by atoms with E-state index in [0.717, 1.165) is 51.3 Å². The summed E-state index contributed by atoms with van der Waals surface area (Å²) in [6, 6.07) is 0.112. The number of rotatable bonds is 10. The number of carbonyl (C=O) groups excluding carboxylic acids is 1. The molecule has 1 aliphatic rings. The molecule has 1 N–H and O–H groups in total. The molecular formula is C17H31N5O3. The first kappa shape index (κ1) is 19.8. The van der Waals surface area contributed by atoms with Crippen molar-refractivity contribution in [1.82, 2.24) is 25.3 Å². The molecule has 1 aliphatic heterocycles. The van der Waals surface area contributed by atoms with Gasteiger partial charge in [0.2, 0.25) is 11.8 Å². The molecular weight excluding hydrogens is 322 g/mol. The second-order valence-electron chi connectivity index (χ2n) is 6.48. The van der Waals surface area contributed by atoms with Gasteiger partial charge in [0.15, 0.2) is 5.82 Å². The number of unbranched alkanes of at least 4 members (excludes halogenated alkanes) is 1. The minimum Gasteiger partial charge on any atom is -0.383 e. The maximum absolute atomic E-state index is 11.9. The number of aromatic nitrogens is 2. The minimum atomic E-state index is 0.0519. The molecule has 2 rings (SSSR count). The zero-order valence-corrected chi connectivity index (χ0v) is 15.7. The third-order valence-electron chi connectivity index (χ3n) is 4.55. The summed E-state index contributed by atoms with van der Waals surface area (Å²) in [7, 11) is 1.63. The lowest BCUT2D eigenvalue weighted by molar-refractivity contribution is -0.122. The highest BCUT2D eigenvalue weighted by molar-refractivity contribution is 5.77. The first-order valence-corrected chi connectivity index (χ1v) is 9.18. The Kier molecular flexibility index (Phi) is 8.30. The molecule has 1 saturated heterocycles. The maximum Gasteiger partial charge on any atom is 0.243 e. The van der Waals surface area contributed by atoms with Crippen LogP contribution in [0.3, 0.4) is 0 Å². The lowest BCUT2D eigenvalue weighted by Gasteiger charge is -2.36. The third-order valence-corrected chi connectivity index (χ3v) is 4.55. The summed E-state index contributed by atoms with van der Waals surface area (Å²) in [4.78, 5) is 20.9. The first-order chi connectivity index (χ1) is 12.1. The molecule has 0 saturated carbocycles. The van der Waals surface area contributed by atoms with Gasteiger partial charge in [-0.25, -0.2) is 0 Å². The fourth-order valence-electron chi connectivity index (χ4n) is 2.89. The molecule has 0 spiro atoms. The number of aryl methyl sites for hydroxylation is 1. The Morgan fingerprint density at radius 1 is 1.36 bits per heavy atom. The van der Waals surface area contributed by atoms with Crippen LogP contribution in [-0.4, -0.2) is 78.8 Å². The summed E-state index contributed by atoms with van der Waals surface area (Å²) >= 11 is 0. The summed E-state index contributed by atoms with van der Waals surface area (Å²) in [5.74, 6) is 1.54. The van der Waals surface area contributed by atoms with E-state index in [2.05, 4.69) is 39.1 Å². The summed E-state index contributed by atoms with van der Waals surface area (Å²) < 4.78 is 10.4. The van der Waals surface area contributed by atoms with Crippen molar-refractivity contribution in [3.63, 3.8) is 0 Å². The maximum atomic E-state index is 11.9. The second-order valence-corrected chi connectivity index (χ2v) is 6.48. The van der Waals surface area contributed by atoms with Crippen LogP contribution in [0.2, 0.25) is 0 Å². The molecule has 1 aromatic heterocycles. The number of amides is 1. The van der Waals surface area contributed by atoms with Crippen molar-refractivity contribution in [2.24, 2.45) is 0 Å². The molecule has 142 valence electrons. The van der Waals surface area contributed by atoms with Crippen LogP contribution >= 0.6 is 0 Å². The smallest absolute Gasteiger partial charge is 0.243 e. The zero-order chi connectivity index (χ0) is 18.1. The molecule has 25 heavy (non-hydrogen) atoms. The zero-order valence-electron chi connectivity index (χ0n) is 15.7. The van der Waals surface area contributed by atoms with Crippen molar-refractivity contribution < 1.29 is 14.1 Å². The van der Waals surface area contributed by atoms with Gasteiger partial charge in [0, 0.05) is 46.3 Å². The van der Waals surface area contributed by atoms with E-state index in [1.165, 1.54) is 0 Å². The fraction of sp³-hybridized carbons (Fsp3) is 0.824. The number of hydrogen-bond acceptors (Lipinski definition) is 7. The van der Waals surface area contributed by atoms with Crippen LogP contribution < -0.4 is 5.32 Å². The molecule has 1 unspecified atom stereocenters. The van der Waals surface area contributed by atoms with Gasteiger partial charge < -0.3 is 14.6 Å². The lowest BCUT2D eigenvalue weighted by atomic mass is 10.2. The van der Waals surface area contributed by atoms with Crippen LogP contribution in [0.5, 0.6) is 0 Å². The molecule has 0 bridgehead atoms. The average molecular weight is 353 g/mol. The van der Waals surface area contributed by atoms with Crippen molar-refractivity contribution in [3.05, 3.63) is 11.7 Å². The average Bonchev–Trinajstić information content (AvgIpc) is 3.09. The van der Waals surface area contributed by atoms with E-state index in [0.29, 0.717) is 25.6 Å². The predicted molar refractivity (Wildman–Crippen MR) is 94.2 cm³/mol. The molecule has 0 aliphatic carbocycles. The highest BCUT2D eigenvalue weighted by atomic mass is 16.5. The molecule has 2 heterocycles. The Labute approximate surface area is 149 Å². The van der Waals surface area contributed by atoms with Crippen molar-refractivity contribution in [2.75, 3.05) is 53.0 Å². The third kappa shape index (κ3) is 6.37. The highest BCUT2D eigenvalue weighted by Gasteiger charge is 2.26. The standard InChI is InChI=1S/C17H31N5O3/c1-4-5-6-15-19-17(25-20-15)14(2)22-10-8-21(9-11-22)13-16(23)18-7-12-24-3/h14H,4-13H2,1-3H3,(H,18,23). The first-order valence-electron chi connectivity index (χ1n) is 9.18. The highest BCUT2D eigenvalue weighted by Crippen LogP contribution is 2.20. The molecule has 1 aromatic rings. The molecule has 8 heteroatoms. The van der Waals surface area contributed by atoms with Gasteiger partial charge in [-0.2, -0.15) is 4.98 Å². The van der Waals surface area contributed by atoms with Crippen LogP contribution in [0.25, 0.3) is 0 Å². The van der Waals surface area contributed by atoms with E-state index in [9.17, 15) is 4.79 Å². The van der Waals surface area contributed by atoms with E-state index in [1.807, 2.05) is 0 Å². The largest absolute Gasteiger partial charge is 0.383 e. The van der Waals surface area contributed by atoms with Gasteiger partial charge in [0.1, 0.15) is 0 Å². The lowest BCUT2D eigenvalue weighted by Crippen LogP contribution is -2.50. The van der Waals surface area contributed by atoms with E-state index < -0.39 is 0 Å². The van der Waals surface area contributed by atoms with Crippen LogP contribution in [0.15, 0.2) is 4.52 Å². The Hall–Kier alpha value is -1.51. The normalized spacial score (nSPS) is 17.6. The number of carbonyl (C=O) groups is 1. The molecule has 1 amide bonds. The Morgan fingerprint density at radius 2 is 2.12 bits per heavy atom. The number of methoxy groups -OCH3 is 1. The Morgan fingerprint density at radius 3 is 2.80 bits per heavy atom. The monoisotopic (exact) mass is 353 g/mol. The molecule has 0 radical (unpaired) electrons. The molecule has 0 aromatic carbocycles. The number of nitrogens with zero attached hydrogens (tertiary/aromatic N) is 4. The van der Waals surface area contributed by atoms with Crippen molar-refractivity contribution in [3.8, 4) is 0 Å². The Balaban J connectivity index is 1.73. The van der Waals surface area contributed by atoms with Crippen LogP contribution in [0.1, 0.15) is 44.4 Å². The van der Waals surface area contributed by atoms with Crippen molar-refractivity contribution in [2.45, 2.75) is 39.2 Å². The number of piperazine rings is 1. The van der Waals surface area contributed by atoms with Gasteiger partial charge in [-0.3, -0.25) is 14.6 Å². The molecule has 1 atom stereocenters. The SMILES string of the molecule is CCCCc1noc(C(C)N2CCN(CC(=O)NCCOC)CC2)n1. The molecule has 8 nitrogen and oxygen atoms in total. The number of ether oxygens (including phenoxy) is 1. The Bertz CT molecular complexity index is 514.